The zero-order valence-corrected chi connectivity index (χ0v) is 20.7. The van der Waals surface area contributed by atoms with Crippen molar-refractivity contribution in [3.8, 4) is 0 Å². The molecule has 3 aliphatic heterocycles. The zero-order chi connectivity index (χ0) is 24.9. The minimum Gasteiger partial charge on any atom is -0.378 e. The van der Waals surface area contributed by atoms with E-state index in [0.29, 0.717) is 0 Å². The van der Waals surface area contributed by atoms with E-state index in [1.54, 1.807) is 0 Å². The van der Waals surface area contributed by atoms with Gasteiger partial charge in [-0.15, -0.1) is 0 Å². The number of allylic oxidation sites excluding steroid dienone is 4. The predicted octanol–water partition coefficient (Wildman–Crippen LogP) is 4.56. The Morgan fingerprint density at radius 2 is 1.22 bits per heavy atom. The first-order chi connectivity index (χ1) is 18.1. The number of hydrogen-bond acceptors (Lipinski definition) is 3. The molecule has 0 atom stereocenters. The van der Waals surface area contributed by atoms with Gasteiger partial charge in [-0.05, 0) is 71.8 Å². The normalized spacial score (nSPS) is 15.7. The van der Waals surface area contributed by atoms with Gasteiger partial charge >= 0.3 is 0 Å². The summed E-state index contributed by atoms with van der Waals surface area (Å²) >= 11 is 0. The standard InChI is InChI=1S/C32H25N5/c1-37(2)22-10-8-21(9-11-22)32-29-18-14-25(35-29)23-12-16-27(33-23)31(20-6-4-3-5-7-20)28-17-13-24(34-28)26-15-19-30(32)36-26/h3-19,33-34H,1-2H3. The highest BCUT2D eigenvalue weighted by atomic mass is 15.1. The summed E-state index contributed by atoms with van der Waals surface area (Å²) in [7, 11) is 4.10. The van der Waals surface area contributed by atoms with Gasteiger partial charge in [0, 0.05) is 42.0 Å². The maximum atomic E-state index is 5.07. The second-order valence-electron chi connectivity index (χ2n) is 9.56. The molecule has 2 aromatic carbocycles. The Labute approximate surface area is 214 Å². The third-order valence-corrected chi connectivity index (χ3v) is 6.99. The molecule has 0 fully saturated rings. The average molecular weight is 480 g/mol. The highest BCUT2D eigenvalue weighted by molar-refractivity contribution is 6.33. The van der Waals surface area contributed by atoms with Gasteiger partial charge in [0.2, 0.25) is 0 Å². The van der Waals surface area contributed by atoms with E-state index in [-0.39, 0.29) is 0 Å². The second kappa shape index (κ2) is 8.35. The maximum Gasteiger partial charge on any atom is 0.0872 e. The first-order valence-corrected chi connectivity index (χ1v) is 12.4. The third-order valence-electron chi connectivity index (χ3n) is 6.99. The third kappa shape index (κ3) is 3.64. The SMILES string of the molecule is CN(C)c1ccc(C2=C3C=CC(=N3)c3ccc([nH]3)C(c3ccccc3)=c3ccc([nH]3)=C3C=CC2=N3)cc1. The molecule has 0 aliphatic carbocycles. The van der Waals surface area contributed by atoms with E-state index in [2.05, 4.69) is 126 Å². The van der Waals surface area contributed by atoms with Crippen LogP contribution in [0.15, 0.2) is 119 Å². The molecule has 0 radical (unpaired) electrons. The van der Waals surface area contributed by atoms with Crippen molar-refractivity contribution in [3.63, 3.8) is 0 Å². The van der Waals surface area contributed by atoms with Crippen LogP contribution in [0.3, 0.4) is 0 Å². The van der Waals surface area contributed by atoms with Gasteiger partial charge in [0.1, 0.15) is 0 Å². The monoisotopic (exact) mass is 479 g/mol. The lowest BCUT2D eigenvalue weighted by atomic mass is 9.98. The molecule has 2 aromatic heterocycles. The number of H-pyrrole nitrogens is 2. The van der Waals surface area contributed by atoms with Crippen molar-refractivity contribution in [1.82, 2.24) is 9.97 Å². The van der Waals surface area contributed by atoms with Crippen molar-refractivity contribution in [1.29, 1.82) is 0 Å². The highest BCUT2D eigenvalue weighted by Crippen LogP contribution is 2.31. The molecule has 5 heterocycles. The van der Waals surface area contributed by atoms with Crippen LogP contribution in [0.25, 0.3) is 16.8 Å². The molecule has 0 saturated carbocycles. The van der Waals surface area contributed by atoms with E-state index >= 15 is 0 Å². The number of rotatable bonds is 3. The minimum absolute atomic E-state index is 0.907. The topological polar surface area (TPSA) is 59.5 Å². The van der Waals surface area contributed by atoms with Crippen LogP contribution in [0.4, 0.5) is 5.69 Å². The van der Waals surface area contributed by atoms with E-state index in [1.165, 1.54) is 0 Å². The molecule has 0 amide bonds. The molecule has 0 unspecified atom stereocenters. The first-order valence-electron chi connectivity index (χ1n) is 12.4. The van der Waals surface area contributed by atoms with Gasteiger partial charge in [-0.3, -0.25) is 0 Å². The summed E-state index contributed by atoms with van der Waals surface area (Å²) < 4.78 is 0. The fraction of sp³-hybridized carbons (Fsp3) is 0.0625. The molecule has 5 nitrogen and oxygen atoms in total. The Hall–Kier alpha value is -4.90. The number of aliphatic imine (C=N–C) groups is 2. The van der Waals surface area contributed by atoms with Gasteiger partial charge in [0.15, 0.2) is 0 Å². The second-order valence-corrected chi connectivity index (χ2v) is 9.56. The van der Waals surface area contributed by atoms with E-state index in [0.717, 1.165) is 72.9 Å². The molecule has 0 spiro atoms. The molecule has 8 bridgehead atoms. The molecule has 4 aromatic rings. The predicted molar refractivity (Wildman–Crippen MR) is 152 cm³/mol. The Morgan fingerprint density at radius 1 is 0.541 bits per heavy atom. The van der Waals surface area contributed by atoms with Gasteiger partial charge in [0.25, 0.3) is 0 Å². The molecule has 0 saturated heterocycles. The Balaban J connectivity index is 1.50. The number of aromatic nitrogens is 2. The van der Waals surface area contributed by atoms with Gasteiger partial charge in [-0.25, -0.2) is 9.98 Å². The number of hydrogen-bond donors (Lipinski definition) is 2. The number of nitrogens with zero attached hydrogens (tertiary/aromatic N) is 3. The average Bonchev–Trinajstić information content (AvgIpc) is 3.72. The van der Waals surface area contributed by atoms with Crippen LogP contribution >= 0.6 is 0 Å². The van der Waals surface area contributed by atoms with Crippen LogP contribution in [0.1, 0.15) is 22.5 Å². The zero-order valence-electron chi connectivity index (χ0n) is 20.7. The number of nitrogens with one attached hydrogen (secondary N) is 2. The number of fused-ring (bicyclic) bond motifs is 7. The molecule has 3 aliphatic rings. The van der Waals surface area contributed by atoms with Gasteiger partial charge < -0.3 is 14.9 Å². The lowest BCUT2D eigenvalue weighted by Gasteiger charge is -2.14. The lowest BCUT2D eigenvalue weighted by Crippen LogP contribution is -2.15. The largest absolute Gasteiger partial charge is 0.378 e. The number of benzene rings is 2. The minimum atomic E-state index is 0.907. The van der Waals surface area contributed by atoms with Crippen LogP contribution in [0, 0.1) is 0 Å². The highest BCUT2D eigenvalue weighted by Gasteiger charge is 2.21. The molecule has 7 rings (SSSR count). The van der Waals surface area contributed by atoms with Crippen molar-refractivity contribution in [2.45, 2.75) is 0 Å². The summed E-state index contributed by atoms with van der Waals surface area (Å²) in [6, 6.07) is 27.5. The number of aromatic amines is 2. The van der Waals surface area contributed by atoms with Crippen LogP contribution in [-0.2, 0) is 0 Å². The lowest BCUT2D eigenvalue weighted by molar-refractivity contribution is 1.13. The summed E-state index contributed by atoms with van der Waals surface area (Å²) in [4.78, 5) is 19.5. The van der Waals surface area contributed by atoms with Gasteiger partial charge in [0.05, 0.1) is 33.9 Å². The van der Waals surface area contributed by atoms with Crippen LogP contribution < -0.4 is 15.6 Å². The molecular formula is C32H25N5. The van der Waals surface area contributed by atoms with Crippen LogP contribution in [0.5, 0.6) is 0 Å². The van der Waals surface area contributed by atoms with E-state index in [9.17, 15) is 0 Å². The van der Waals surface area contributed by atoms with Crippen molar-refractivity contribution in [2.75, 3.05) is 19.0 Å². The summed E-state index contributed by atoms with van der Waals surface area (Å²) in [5.74, 6) is 0. The molecular weight excluding hydrogens is 454 g/mol. The molecule has 2 N–H and O–H groups in total. The van der Waals surface area contributed by atoms with Crippen LogP contribution in [0.2, 0.25) is 0 Å². The fourth-order valence-corrected chi connectivity index (χ4v) is 5.10. The quantitative estimate of drug-likeness (QED) is 0.445. The molecule has 178 valence electrons. The van der Waals surface area contributed by atoms with Crippen molar-refractivity contribution in [3.05, 3.63) is 142 Å². The van der Waals surface area contributed by atoms with Crippen molar-refractivity contribution >= 4 is 34.0 Å². The van der Waals surface area contributed by atoms with E-state index < -0.39 is 0 Å². The number of anilines is 1. The Morgan fingerprint density at radius 3 is 2.03 bits per heavy atom. The van der Waals surface area contributed by atoms with Gasteiger partial charge in [-0.2, -0.15) is 0 Å². The first kappa shape index (κ1) is 21.4. The Bertz CT molecular complexity index is 1820. The van der Waals surface area contributed by atoms with Crippen molar-refractivity contribution < 1.29 is 0 Å². The smallest absolute Gasteiger partial charge is 0.0872 e. The van der Waals surface area contributed by atoms with E-state index in [1.807, 2.05) is 6.07 Å². The summed E-state index contributed by atoms with van der Waals surface area (Å²) in [5, 5.41) is 2.02. The summed E-state index contributed by atoms with van der Waals surface area (Å²) in [5.41, 5.74) is 11.2. The summed E-state index contributed by atoms with van der Waals surface area (Å²) in [6.45, 7) is 0. The molecule has 5 heteroatoms. The fourth-order valence-electron chi connectivity index (χ4n) is 5.10. The van der Waals surface area contributed by atoms with Gasteiger partial charge in [-0.1, -0.05) is 42.5 Å². The Kier molecular flexibility index (Phi) is 4.83. The molecule has 37 heavy (non-hydrogen) atoms. The maximum absolute atomic E-state index is 5.07. The van der Waals surface area contributed by atoms with Crippen LogP contribution in [-0.4, -0.2) is 35.5 Å². The van der Waals surface area contributed by atoms with Crippen molar-refractivity contribution in [2.24, 2.45) is 9.98 Å². The van der Waals surface area contributed by atoms with E-state index in [4.69, 9.17) is 9.98 Å². The summed E-state index contributed by atoms with van der Waals surface area (Å²) in [6.07, 6.45) is 8.34.